The van der Waals surface area contributed by atoms with Crippen LogP contribution >= 0.6 is 0 Å². The Hall–Kier alpha value is -1.40. The summed E-state index contributed by atoms with van der Waals surface area (Å²) < 4.78 is 5.50. The molecule has 0 aromatic rings. The highest BCUT2D eigenvalue weighted by Crippen LogP contribution is 2.20. The first-order valence-electron chi connectivity index (χ1n) is 38.4. The van der Waals surface area contributed by atoms with Gasteiger partial charge in [-0.1, -0.05) is 392 Å². The molecule has 0 aliphatic carbocycles. The topological polar surface area (TPSA) is 95.9 Å². The lowest BCUT2D eigenvalue weighted by atomic mass is 10.0. The van der Waals surface area contributed by atoms with Crippen molar-refractivity contribution in [3.05, 3.63) is 12.2 Å². The molecule has 0 spiro atoms. The number of carbonyl (C=O) groups is 2. The number of amides is 1. The Labute approximate surface area is 520 Å². The van der Waals surface area contributed by atoms with Gasteiger partial charge in [0.1, 0.15) is 0 Å². The van der Waals surface area contributed by atoms with Crippen LogP contribution in [0.2, 0.25) is 0 Å². The fourth-order valence-electron chi connectivity index (χ4n) is 12.5. The molecule has 0 aromatic heterocycles. The van der Waals surface area contributed by atoms with Crippen molar-refractivity contribution >= 4 is 11.9 Å². The highest BCUT2D eigenvalue weighted by atomic mass is 16.5. The highest BCUT2D eigenvalue weighted by Gasteiger charge is 2.20. The van der Waals surface area contributed by atoms with E-state index in [9.17, 15) is 19.8 Å². The number of nitrogens with one attached hydrogen (secondary N) is 1. The Bertz CT molecular complexity index is 1260. The monoisotopic (exact) mass is 1170 g/mol. The molecule has 0 aliphatic heterocycles. The molecule has 0 aliphatic rings. The summed E-state index contributed by atoms with van der Waals surface area (Å²) in [6.45, 7) is 5.01. The molecule has 0 aromatic carbocycles. The standard InChI is InChI=1S/C77H151NO5/c1-3-5-7-9-11-13-15-17-19-20-21-22-32-35-38-42-45-49-53-57-61-65-69-75(80)74(73-79)78-76(81)70-66-62-58-54-50-46-43-39-36-33-30-28-26-24-23-25-27-29-31-34-37-40-44-48-52-56-60-64-68-72-83-77(82)71-67-63-59-55-51-47-41-18-16-14-12-10-8-6-4-2/h23,25,74-75,79-80H,3-22,24,26-73H2,1-2H3,(H,78,81)/b25-23-. The van der Waals surface area contributed by atoms with Gasteiger partial charge in [-0.05, 0) is 51.4 Å². The second-order valence-corrected chi connectivity index (χ2v) is 26.7. The number of hydrogen-bond acceptors (Lipinski definition) is 5. The number of carbonyl (C=O) groups excluding carboxylic acids is 2. The molecule has 2 atom stereocenters. The number of esters is 1. The molecule has 6 nitrogen and oxygen atoms in total. The van der Waals surface area contributed by atoms with Crippen LogP contribution in [0, 0.1) is 0 Å². The lowest BCUT2D eigenvalue weighted by molar-refractivity contribution is -0.143. The minimum absolute atomic E-state index is 0.0207. The van der Waals surface area contributed by atoms with Crippen molar-refractivity contribution in [2.75, 3.05) is 13.2 Å². The van der Waals surface area contributed by atoms with Gasteiger partial charge < -0.3 is 20.3 Å². The third kappa shape index (κ3) is 69.6. The van der Waals surface area contributed by atoms with Gasteiger partial charge >= 0.3 is 5.97 Å². The summed E-state index contributed by atoms with van der Waals surface area (Å²) in [6.07, 6.45) is 91.4. The zero-order chi connectivity index (χ0) is 59.9. The predicted molar refractivity (Wildman–Crippen MR) is 366 cm³/mol. The van der Waals surface area contributed by atoms with Crippen molar-refractivity contribution in [2.45, 2.75) is 456 Å². The maximum Gasteiger partial charge on any atom is 0.305 e. The Kier molecular flexibility index (Phi) is 71.8. The van der Waals surface area contributed by atoms with Crippen LogP contribution in [-0.2, 0) is 14.3 Å². The molecule has 0 radical (unpaired) electrons. The van der Waals surface area contributed by atoms with Gasteiger partial charge in [0.05, 0.1) is 25.4 Å². The van der Waals surface area contributed by atoms with Crippen LogP contribution < -0.4 is 5.32 Å². The Balaban J connectivity index is 3.36. The van der Waals surface area contributed by atoms with Crippen molar-refractivity contribution in [3.63, 3.8) is 0 Å². The van der Waals surface area contributed by atoms with Gasteiger partial charge in [0.2, 0.25) is 5.91 Å². The van der Waals surface area contributed by atoms with Crippen molar-refractivity contribution in [2.24, 2.45) is 0 Å². The SMILES string of the molecule is CCCCCCCCCCCCCCCCCCCCCCCCC(O)C(CO)NC(=O)CCCCCCCCCCCCCCC/C=C\CCCCCCCCCCCCCCOC(=O)CCCCCCCCCCCCCCCCC. The van der Waals surface area contributed by atoms with Crippen LogP contribution in [0.15, 0.2) is 12.2 Å². The third-order valence-electron chi connectivity index (χ3n) is 18.3. The van der Waals surface area contributed by atoms with Crippen molar-refractivity contribution < 1.29 is 24.5 Å². The molecule has 2 unspecified atom stereocenters. The van der Waals surface area contributed by atoms with E-state index < -0.39 is 12.1 Å². The van der Waals surface area contributed by atoms with E-state index in [0.717, 1.165) is 38.5 Å². The van der Waals surface area contributed by atoms with E-state index in [2.05, 4.69) is 31.3 Å². The van der Waals surface area contributed by atoms with Gasteiger partial charge in [-0.25, -0.2) is 0 Å². The molecular formula is C77H151NO5. The highest BCUT2D eigenvalue weighted by molar-refractivity contribution is 5.76. The van der Waals surface area contributed by atoms with E-state index in [4.69, 9.17) is 4.74 Å². The molecule has 0 heterocycles. The van der Waals surface area contributed by atoms with Crippen LogP contribution in [0.4, 0.5) is 0 Å². The zero-order valence-electron chi connectivity index (χ0n) is 56.7. The number of unbranched alkanes of at least 4 members (excludes halogenated alkanes) is 60. The summed E-state index contributed by atoms with van der Waals surface area (Å²) >= 11 is 0. The second-order valence-electron chi connectivity index (χ2n) is 26.7. The lowest BCUT2D eigenvalue weighted by Gasteiger charge is -2.22. The van der Waals surface area contributed by atoms with Gasteiger partial charge in [0.25, 0.3) is 0 Å². The average Bonchev–Trinajstić information content (AvgIpc) is 3.49. The molecule has 83 heavy (non-hydrogen) atoms. The fraction of sp³-hybridized carbons (Fsp3) is 0.948. The lowest BCUT2D eigenvalue weighted by Crippen LogP contribution is -2.45. The fourth-order valence-corrected chi connectivity index (χ4v) is 12.5. The minimum atomic E-state index is -0.664. The minimum Gasteiger partial charge on any atom is -0.466 e. The Morgan fingerprint density at radius 2 is 0.566 bits per heavy atom. The zero-order valence-corrected chi connectivity index (χ0v) is 56.7. The molecule has 0 saturated carbocycles. The van der Waals surface area contributed by atoms with E-state index >= 15 is 0 Å². The van der Waals surface area contributed by atoms with E-state index in [0.29, 0.717) is 25.9 Å². The molecule has 494 valence electrons. The summed E-state index contributed by atoms with van der Waals surface area (Å²) in [5.41, 5.74) is 0. The van der Waals surface area contributed by atoms with E-state index in [1.165, 1.54) is 372 Å². The molecule has 0 fully saturated rings. The molecule has 3 N–H and O–H groups in total. The Morgan fingerprint density at radius 1 is 0.325 bits per heavy atom. The van der Waals surface area contributed by atoms with Crippen LogP contribution in [0.5, 0.6) is 0 Å². The smallest absolute Gasteiger partial charge is 0.305 e. The maximum atomic E-state index is 12.6. The van der Waals surface area contributed by atoms with Crippen LogP contribution in [-0.4, -0.2) is 47.4 Å². The summed E-state index contributed by atoms with van der Waals surface area (Å²) in [5.74, 6) is -0.00783. The Morgan fingerprint density at radius 3 is 0.855 bits per heavy atom. The maximum absolute atomic E-state index is 12.6. The molecule has 1 amide bonds. The van der Waals surface area contributed by atoms with Gasteiger partial charge in [0, 0.05) is 12.8 Å². The first kappa shape index (κ1) is 81.6. The molecular weight excluding hydrogens is 1020 g/mol. The first-order chi connectivity index (χ1) is 41.0. The van der Waals surface area contributed by atoms with E-state index in [-0.39, 0.29) is 18.5 Å². The van der Waals surface area contributed by atoms with E-state index in [1.807, 2.05) is 0 Å². The average molecular weight is 1170 g/mol. The number of ether oxygens (including phenoxy) is 1. The van der Waals surface area contributed by atoms with E-state index in [1.54, 1.807) is 0 Å². The predicted octanol–water partition coefficient (Wildman–Crippen LogP) is 25.1. The number of hydrogen-bond donors (Lipinski definition) is 3. The van der Waals surface area contributed by atoms with Crippen molar-refractivity contribution in [1.82, 2.24) is 5.32 Å². The number of aliphatic hydroxyl groups excluding tert-OH is 2. The van der Waals surface area contributed by atoms with Gasteiger partial charge in [0.15, 0.2) is 0 Å². The number of aliphatic hydroxyl groups is 2. The number of rotatable bonds is 73. The summed E-state index contributed by atoms with van der Waals surface area (Å²) in [7, 11) is 0. The van der Waals surface area contributed by atoms with Gasteiger partial charge in [-0.2, -0.15) is 0 Å². The van der Waals surface area contributed by atoms with Crippen molar-refractivity contribution in [3.8, 4) is 0 Å². The largest absolute Gasteiger partial charge is 0.466 e. The van der Waals surface area contributed by atoms with Crippen LogP contribution in [0.3, 0.4) is 0 Å². The third-order valence-corrected chi connectivity index (χ3v) is 18.3. The quantitative estimate of drug-likeness (QED) is 0.0320. The normalized spacial score (nSPS) is 12.5. The summed E-state index contributed by atoms with van der Waals surface area (Å²) in [5, 5.41) is 23.5. The summed E-state index contributed by atoms with van der Waals surface area (Å²) in [6, 6.07) is -0.541. The summed E-state index contributed by atoms with van der Waals surface area (Å²) in [4.78, 5) is 24.6. The number of allylic oxidation sites excluding steroid dienone is 2. The van der Waals surface area contributed by atoms with Gasteiger partial charge in [-0.15, -0.1) is 0 Å². The molecule has 6 heteroatoms. The first-order valence-corrected chi connectivity index (χ1v) is 38.4. The second kappa shape index (κ2) is 73.1. The molecule has 0 bridgehead atoms. The van der Waals surface area contributed by atoms with Crippen molar-refractivity contribution in [1.29, 1.82) is 0 Å². The van der Waals surface area contributed by atoms with Crippen LogP contribution in [0.25, 0.3) is 0 Å². The molecule has 0 saturated heterocycles. The molecule has 0 rings (SSSR count). The van der Waals surface area contributed by atoms with Crippen LogP contribution in [0.1, 0.15) is 444 Å². The van der Waals surface area contributed by atoms with Gasteiger partial charge in [-0.3, -0.25) is 9.59 Å².